The van der Waals surface area contributed by atoms with Crippen molar-refractivity contribution < 1.29 is 9.13 Å². The molecule has 0 aliphatic carbocycles. The Bertz CT molecular complexity index is 519. The second-order valence-electron chi connectivity index (χ2n) is 3.16. The Labute approximate surface area is 102 Å². The van der Waals surface area contributed by atoms with E-state index in [1.165, 1.54) is 31.0 Å². The van der Waals surface area contributed by atoms with Gasteiger partial charge in [0.1, 0.15) is 10.8 Å². The number of nitrogens with two attached hydrogens (primary N) is 1. The van der Waals surface area contributed by atoms with Gasteiger partial charge in [-0.25, -0.2) is 9.37 Å². The van der Waals surface area contributed by atoms with Crippen LogP contribution in [0.2, 0.25) is 0 Å². The molecular weight excluding hydrogens is 241 g/mol. The number of aromatic nitrogens is 2. The van der Waals surface area contributed by atoms with Gasteiger partial charge >= 0.3 is 0 Å². The number of nitrogen functional groups attached to an aromatic ring is 1. The standard InChI is InChI=1S/C11H10FN3OS/c1-16-9-6-10(15-11(13)14-9)17-8-4-2-7(12)3-5-8/h2-6H,1H3,(H2,13,14,15). The average molecular weight is 251 g/mol. The highest BCUT2D eigenvalue weighted by atomic mass is 32.2. The van der Waals surface area contributed by atoms with E-state index in [0.717, 1.165) is 4.90 Å². The van der Waals surface area contributed by atoms with Crippen molar-refractivity contribution in [2.24, 2.45) is 0 Å². The minimum absolute atomic E-state index is 0.147. The molecule has 0 unspecified atom stereocenters. The van der Waals surface area contributed by atoms with Crippen LogP contribution in [0.5, 0.6) is 5.88 Å². The summed E-state index contributed by atoms with van der Waals surface area (Å²) in [6, 6.07) is 7.80. The van der Waals surface area contributed by atoms with E-state index in [9.17, 15) is 4.39 Å². The number of nitrogens with zero attached hydrogens (tertiary/aromatic N) is 2. The van der Waals surface area contributed by atoms with Crippen LogP contribution in [-0.4, -0.2) is 17.1 Å². The van der Waals surface area contributed by atoms with Gasteiger partial charge in [-0.2, -0.15) is 4.98 Å². The Kier molecular flexibility index (Phi) is 3.43. The first-order chi connectivity index (χ1) is 8.17. The highest BCUT2D eigenvalue weighted by Gasteiger charge is 2.04. The summed E-state index contributed by atoms with van der Waals surface area (Å²) in [6.45, 7) is 0. The highest BCUT2D eigenvalue weighted by molar-refractivity contribution is 7.99. The van der Waals surface area contributed by atoms with Gasteiger partial charge in [0.2, 0.25) is 11.8 Å². The number of hydrogen-bond donors (Lipinski definition) is 1. The fourth-order valence-electron chi connectivity index (χ4n) is 1.20. The molecule has 2 rings (SSSR count). The molecule has 2 N–H and O–H groups in total. The monoisotopic (exact) mass is 251 g/mol. The molecule has 1 heterocycles. The first-order valence-corrected chi connectivity index (χ1v) is 5.61. The molecule has 6 heteroatoms. The van der Waals surface area contributed by atoms with Crippen molar-refractivity contribution in [3.8, 4) is 5.88 Å². The molecule has 1 aromatic heterocycles. The van der Waals surface area contributed by atoms with Gasteiger partial charge in [0.15, 0.2) is 0 Å². The van der Waals surface area contributed by atoms with Gasteiger partial charge in [0, 0.05) is 11.0 Å². The molecule has 0 aliphatic rings. The van der Waals surface area contributed by atoms with Crippen LogP contribution in [0, 0.1) is 5.82 Å². The quantitative estimate of drug-likeness (QED) is 0.848. The van der Waals surface area contributed by atoms with Gasteiger partial charge in [-0.3, -0.25) is 0 Å². The van der Waals surface area contributed by atoms with Crippen molar-refractivity contribution in [3.05, 3.63) is 36.1 Å². The average Bonchev–Trinajstić information content (AvgIpc) is 2.31. The van der Waals surface area contributed by atoms with Gasteiger partial charge in [0.25, 0.3) is 0 Å². The van der Waals surface area contributed by atoms with Crippen LogP contribution in [0.4, 0.5) is 10.3 Å². The summed E-state index contributed by atoms with van der Waals surface area (Å²) in [7, 11) is 1.51. The fraction of sp³-hybridized carbons (Fsp3) is 0.0909. The lowest BCUT2D eigenvalue weighted by atomic mass is 10.4. The Morgan fingerprint density at radius 2 is 1.94 bits per heavy atom. The van der Waals surface area contributed by atoms with Crippen LogP contribution in [0.25, 0.3) is 0 Å². The van der Waals surface area contributed by atoms with E-state index in [2.05, 4.69) is 9.97 Å². The van der Waals surface area contributed by atoms with E-state index < -0.39 is 0 Å². The van der Waals surface area contributed by atoms with Crippen LogP contribution in [0.3, 0.4) is 0 Å². The topological polar surface area (TPSA) is 61.0 Å². The Balaban J connectivity index is 2.23. The Morgan fingerprint density at radius 3 is 2.59 bits per heavy atom. The van der Waals surface area contributed by atoms with Gasteiger partial charge in [-0.1, -0.05) is 11.8 Å². The van der Waals surface area contributed by atoms with Crippen LogP contribution >= 0.6 is 11.8 Å². The van der Waals surface area contributed by atoms with Gasteiger partial charge in [-0.15, -0.1) is 0 Å². The third-order valence-corrected chi connectivity index (χ3v) is 2.87. The Hall–Kier alpha value is -1.82. The first kappa shape index (κ1) is 11.7. The summed E-state index contributed by atoms with van der Waals surface area (Å²) in [6.07, 6.45) is 0. The van der Waals surface area contributed by atoms with E-state index in [1.54, 1.807) is 18.2 Å². The number of ether oxygens (including phenoxy) is 1. The molecule has 0 saturated carbocycles. The molecule has 0 aliphatic heterocycles. The second-order valence-corrected chi connectivity index (χ2v) is 4.26. The largest absolute Gasteiger partial charge is 0.481 e. The van der Waals surface area contributed by atoms with Crippen LogP contribution in [0.15, 0.2) is 40.3 Å². The number of methoxy groups -OCH3 is 1. The zero-order chi connectivity index (χ0) is 12.3. The maximum absolute atomic E-state index is 12.7. The van der Waals surface area contributed by atoms with E-state index in [1.807, 2.05) is 0 Å². The molecule has 1 aromatic carbocycles. The van der Waals surface area contributed by atoms with Crippen molar-refractivity contribution in [1.29, 1.82) is 0 Å². The van der Waals surface area contributed by atoms with Gasteiger partial charge < -0.3 is 10.5 Å². The van der Waals surface area contributed by atoms with Crippen LogP contribution in [0.1, 0.15) is 0 Å². The minimum Gasteiger partial charge on any atom is -0.481 e. The summed E-state index contributed by atoms with van der Waals surface area (Å²) in [4.78, 5) is 8.80. The van der Waals surface area contributed by atoms with E-state index in [4.69, 9.17) is 10.5 Å². The van der Waals surface area contributed by atoms with E-state index in [0.29, 0.717) is 10.9 Å². The summed E-state index contributed by atoms with van der Waals surface area (Å²) in [5.41, 5.74) is 5.54. The summed E-state index contributed by atoms with van der Waals surface area (Å²) < 4.78 is 17.7. The first-order valence-electron chi connectivity index (χ1n) is 4.79. The fourth-order valence-corrected chi connectivity index (χ4v) is 2.01. The summed E-state index contributed by atoms with van der Waals surface area (Å²) >= 11 is 1.36. The minimum atomic E-state index is -0.269. The van der Waals surface area contributed by atoms with Crippen molar-refractivity contribution >= 4 is 17.7 Å². The predicted octanol–water partition coefficient (Wildman–Crippen LogP) is 2.36. The van der Waals surface area contributed by atoms with Crippen molar-refractivity contribution in [2.75, 3.05) is 12.8 Å². The third-order valence-electron chi connectivity index (χ3n) is 1.94. The maximum atomic E-state index is 12.7. The highest BCUT2D eigenvalue weighted by Crippen LogP contribution is 2.28. The van der Waals surface area contributed by atoms with Crippen LogP contribution in [-0.2, 0) is 0 Å². The molecular formula is C11H10FN3OS. The SMILES string of the molecule is COc1cc(Sc2ccc(F)cc2)nc(N)n1. The molecule has 2 aromatic rings. The molecule has 0 spiro atoms. The smallest absolute Gasteiger partial charge is 0.224 e. The molecule has 0 saturated heterocycles. The van der Waals surface area contributed by atoms with Crippen molar-refractivity contribution in [2.45, 2.75) is 9.92 Å². The number of anilines is 1. The third kappa shape index (κ3) is 3.07. The molecule has 0 fully saturated rings. The number of benzene rings is 1. The van der Waals surface area contributed by atoms with E-state index in [-0.39, 0.29) is 11.8 Å². The zero-order valence-electron chi connectivity index (χ0n) is 9.05. The number of rotatable bonds is 3. The van der Waals surface area contributed by atoms with Crippen molar-refractivity contribution in [1.82, 2.24) is 9.97 Å². The molecule has 0 bridgehead atoms. The van der Waals surface area contributed by atoms with Gasteiger partial charge in [0.05, 0.1) is 7.11 Å². The van der Waals surface area contributed by atoms with Crippen LogP contribution < -0.4 is 10.5 Å². The molecule has 0 amide bonds. The lowest BCUT2D eigenvalue weighted by molar-refractivity contribution is 0.396. The van der Waals surface area contributed by atoms with E-state index >= 15 is 0 Å². The van der Waals surface area contributed by atoms with Gasteiger partial charge in [-0.05, 0) is 24.3 Å². The lowest BCUT2D eigenvalue weighted by Crippen LogP contribution is -1.98. The molecule has 4 nitrogen and oxygen atoms in total. The summed E-state index contributed by atoms with van der Waals surface area (Å²) in [5.74, 6) is 0.283. The number of halogens is 1. The normalized spacial score (nSPS) is 10.2. The zero-order valence-corrected chi connectivity index (χ0v) is 9.87. The molecule has 0 radical (unpaired) electrons. The molecule has 88 valence electrons. The second kappa shape index (κ2) is 5.01. The predicted molar refractivity (Wildman–Crippen MR) is 63.5 cm³/mol. The lowest BCUT2D eigenvalue weighted by Gasteiger charge is -2.04. The van der Waals surface area contributed by atoms with Crippen molar-refractivity contribution in [3.63, 3.8) is 0 Å². The molecule has 0 atom stereocenters. The number of hydrogen-bond acceptors (Lipinski definition) is 5. The Morgan fingerprint density at radius 1 is 1.24 bits per heavy atom. The summed E-state index contributed by atoms with van der Waals surface area (Å²) in [5, 5.41) is 0.654. The maximum Gasteiger partial charge on any atom is 0.224 e. The molecule has 17 heavy (non-hydrogen) atoms.